The van der Waals surface area contributed by atoms with Crippen LogP contribution in [0, 0.1) is 19.7 Å². The normalized spacial score (nSPS) is 11.3. The fourth-order valence-electron chi connectivity index (χ4n) is 3.69. The molecule has 33 heavy (non-hydrogen) atoms. The molecular formula is C26H29FN2O4. The molecule has 0 saturated heterocycles. The maximum absolute atomic E-state index is 13.7. The van der Waals surface area contributed by atoms with Crippen LogP contribution in [0.25, 0.3) is 11.3 Å². The Bertz CT molecular complexity index is 1270. The summed E-state index contributed by atoms with van der Waals surface area (Å²) in [5.41, 5.74) is 3.03. The molecule has 1 amide bonds. The molecule has 7 heteroatoms. The third-order valence-corrected chi connectivity index (χ3v) is 5.45. The van der Waals surface area contributed by atoms with Gasteiger partial charge in [-0.3, -0.25) is 9.59 Å². The number of ether oxygens (including phenoxy) is 2. The van der Waals surface area contributed by atoms with Crippen LogP contribution in [0.5, 0.6) is 17.2 Å². The predicted octanol–water partition coefficient (Wildman–Crippen LogP) is 5.26. The molecule has 0 spiro atoms. The highest BCUT2D eigenvalue weighted by molar-refractivity contribution is 5.95. The Labute approximate surface area is 192 Å². The number of hydrogen-bond donors (Lipinski definition) is 2. The van der Waals surface area contributed by atoms with Crippen molar-refractivity contribution in [2.24, 2.45) is 0 Å². The lowest BCUT2D eigenvalue weighted by Crippen LogP contribution is -2.27. The van der Waals surface area contributed by atoms with Gasteiger partial charge in [-0.2, -0.15) is 0 Å². The second-order valence-corrected chi connectivity index (χ2v) is 8.94. The summed E-state index contributed by atoms with van der Waals surface area (Å²) >= 11 is 0. The van der Waals surface area contributed by atoms with E-state index in [0.717, 1.165) is 11.1 Å². The average Bonchev–Trinajstić information content (AvgIpc) is 2.73. The highest BCUT2D eigenvalue weighted by Gasteiger charge is 2.22. The van der Waals surface area contributed by atoms with Crippen LogP contribution in [0.4, 0.5) is 4.39 Å². The van der Waals surface area contributed by atoms with Gasteiger partial charge < -0.3 is 19.8 Å². The molecule has 0 bridgehead atoms. The molecule has 0 saturated carbocycles. The second-order valence-electron chi connectivity index (χ2n) is 8.94. The Morgan fingerprint density at radius 2 is 1.73 bits per heavy atom. The van der Waals surface area contributed by atoms with E-state index in [0.29, 0.717) is 28.5 Å². The van der Waals surface area contributed by atoms with Gasteiger partial charge in [0.1, 0.15) is 17.1 Å². The maximum Gasteiger partial charge on any atom is 0.256 e. The number of carbonyl (C=O) groups is 1. The second kappa shape index (κ2) is 9.10. The van der Waals surface area contributed by atoms with Gasteiger partial charge in [0.05, 0.1) is 12.8 Å². The molecular weight excluding hydrogens is 423 g/mol. The van der Waals surface area contributed by atoms with Gasteiger partial charge in [0.2, 0.25) is 0 Å². The molecule has 3 aromatic rings. The van der Waals surface area contributed by atoms with Crippen LogP contribution >= 0.6 is 0 Å². The van der Waals surface area contributed by atoms with Crippen molar-refractivity contribution in [1.82, 2.24) is 10.3 Å². The van der Waals surface area contributed by atoms with E-state index in [1.54, 1.807) is 6.92 Å². The molecule has 0 unspecified atom stereocenters. The summed E-state index contributed by atoms with van der Waals surface area (Å²) in [6.07, 6.45) is 0. The van der Waals surface area contributed by atoms with Crippen LogP contribution < -0.4 is 20.2 Å². The van der Waals surface area contributed by atoms with Crippen molar-refractivity contribution >= 4 is 5.91 Å². The summed E-state index contributed by atoms with van der Waals surface area (Å²) < 4.78 is 25.3. The highest BCUT2D eigenvalue weighted by Crippen LogP contribution is 2.41. The monoisotopic (exact) mass is 452 g/mol. The lowest BCUT2D eigenvalue weighted by molar-refractivity contribution is 0.0961. The number of hydrogen-bond acceptors (Lipinski definition) is 4. The average molecular weight is 453 g/mol. The Morgan fingerprint density at radius 1 is 1.03 bits per heavy atom. The Hall–Kier alpha value is -3.61. The summed E-state index contributed by atoms with van der Waals surface area (Å²) in [6, 6.07) is 9.39. The van der Waals surface area contributed by atoms with Gasteiger partial charge in [-0.1, -0.05) is 26.8 Å². The van der Waals surface area contributed by atoms with Crippen LogP contribution in [0.3, 0.4) is 0 Å². The molecule has 0 fully saturated rings. The van der Waals surface area contributed by atoms with Crippen LogP contribution in [0.15, 0.2) is 41.2 Å². The standard InChI is InChI=1S/C26H29FN2O4/c1-14-10-16(26(3,4)5)11-22(33-20-9-8-17(27)12-21(20)32-7)23(14)18-13-19(30)24(15(2)29-18)25(31)28-6/h8-13H,1-7H3,(H,28,31)(H,29,30). The van der Waals surface area contributed by atoms with Crippen LogP contribution in [0.1, 0.15) is 48.0 Å². The van der Waals surface area contributed by atoms with Crippen molar-refractivity contribution in [1.29, 1.82) is 0 Å². The first kappa shape index (κ1) is 24.0. The van der Waals surface area contributed by atoms with E-state index in [1.807, 2.05) is 19.1 Å². The SMILES string of the molecule is CNC(=O)c1c(C)[nH]c(-c2c(C)cc(C(C)(C)C)cc2Oc2ccc(F)cc2OC)cc1=O. The molecule has 0 aliphatic heterocycles. The number of pyridine rings is 1. The number of nitrogens with one attached hydrogen (secondary N) is 2. The van der Waals surface area contributed by atoms with Crippen molar-refractivity contribution in [2.45, 2.75) is 40.0 Å². The van der Waals surface area contributed by atoms with E-state index in [-0.39, 0.29) is 16.7 Å². The number of aryl methyl sites for hydroxylation is 2. The van der Waals surface area contributed by atoms with E-state index < -0.39 is 17.2 Å². The molecule has 0 aliphatic carbocycles. The highest BCUT2D eigenvalue weighted by atomic mass is 19.1. The Balaban J connectivity index is 2.26. The van der Waals surface area contributed by atoms with E-state index in [1.165, 1.54) is 38.4 Å². The van der Waals surface area contributed by atoms with Gasteiger partial charge in [-0.15, -0.1) is 0 Å². The minimum atomic E-state index is -0.451. The zero-order chi connectivity index (χ0) is 24.5. The zero-order valence-corrected chi connectivity index (χ0v) is 20.0. The minimum Gasteiger partial charge on any atom is -0.493 e. The van der Waals surface area contributed by atoms with Crippen LogP contribution in [-0.2, 0) is 5.41 Å². The third kappa shape index (κ3) is 4.92. The van der Waals surface area contributed by atoms with Crippen molar-refractivity contribution in [3.63, 3.8) is 0 Å². The minimum absolute atomic E-state index is 0.0629. The lowest BCUT2D eigenvalue weighted by atomic mass is 9.84. The molecule has 2 aromatic carbocycles. The first-order chi connectivity index (χ1) is 15.5. The summed E-state index contributed by atoms with van der Waals surface area (Å²) in [6.45, 7) is 9.88. The summed E-state index contributed by atoms with van der Waals surface area (Å²) in [4.78, 5) is 28.1. The first-order valence-corrected chi connectivity index (χ1v) is 10.6. The van der Waals surface area contributed by atoms with Crippen molar-refractivity contribution in [3.8, 4) is 28.5 Å². The largest absolute Gasteiger partial charge is 0.493 e. The Morgan fingerprint density at radius 3 is 2.30 bits per heavy atom. The molecule has 6 nitrogen and oxygen atoms in total. The molecule has 0 radical (unpaired) electrons. The van der Waals surface area contributed by atoms with Crippen LogP contribution in [-0.4, -0.2) is 25.0 Å². The van der Waals surface area contributed by atoms with Gasteiger partial charge in [0.25, 0.3) is 5.91 Å². The fourth-order valence-corrected chi connectivity index (χ4v) is 3.69. The topological polar surface area (TPSA) is 80.4 Å². The van der Waals surface area contributed by atoms with Crippen LogP contribution in [0.2, 0.25) is 0 Å². The number of methoxy groups -OCH3 is 1. The van der Waals surface area contributed by atoms with E-state index in [4.69, 9.17) is 9.47 Å². The van der Waals surface area contributed by atoms with Crippen molar-refractivity contribution in [2.75, 3.05) is 14.2 Å². The molecule has 1 aromatic heterocycles. The fraction of sp³-hybridized carbons (Fsp3) is 0.308. The van der Waals surface area contributed by atoms with Gasteiger partial charge in [0, 0.05) is 30.4 Å². The predicted molar refractivity (Wildman–Crippen MR) is 127 cm³/mol. The number of amides is 1. The molecule has 3 rings (SSSR count). The quantitative estimate of drug-likeness (QED) is 0.554. The number of benzene rings is 2. The first-order valence-electron chi connectivity index (χ1n) is 10.6. The Kier molecular flexibility index (Phi) is 6.63. The number of aromatic nitrogens is 1. The third-order valence-electron chi connectivity index (χ3n) is 5.45. The molecule has 1 heterocycles. The molecule has 0 aliphatic rings. The summed E-state index contributed by atoms with van der Waals surface area (Å²) in [5, 5.41) is 2.49. The smallest absolute Gasteiger partial charge is 0.256 e. The van der Waals surface area contributed by atoms with E-state index in [2.05, 4.69) is 31.1 Å². The maximum atomic E-state index is 13.7. The number of aromatic amines is 1. The zero-order valence-electron chi connectivity index (χ0n) is 20.0. The molecule has 0 atom stereocenters. The number of rotatable bonds is 5. The van der Waals surface area contributed by atoms with Crippen molar-refractivity contribution in [3.05, 3.63) is 74.8 Å². The van der Waals surface area contributed by atoms with Gasteiger partial charge in [0.15, 0.2) is 16.9 Å². The number of halogens is 1. The lowest BCUT2D eigenvalue weighted by Gasteiger charge is -2.24. The molecule has 2 N–H and O–H groups in total. The van der Waals surface area contributed by atoms with Crippen molar-refractivity contribution < 1.29 is 18.7 Å². The van der Waals surface area contributed by atoms with E-state index in [9.17, 15) is 14.0 Å². The van der Waals surface area contributed by atoms with Gasteiger partial charge >= 0.3 is 0 Å². The van der Waals surface area contributed by atoms with Gasteiger partial charge in [-0.25, -0.2) is 4.39 Å². The number of H-pyrrole nitrogens is 1. The van der Waals surface area contributed by atoms with E-state index >= 15 is 0 Å². The summed E-state index contributed by atoms with van der Waals surface area (Å²) in [5.74, 6) is 0.176. The summed E-state index contributed by atoms with van der Waals surface area (Å²) in [7, 11) is 2.92. The molecule has 174 valence electrons. The number of carbonyl (C=O) groups excluding carboxylic acids is 1. The van der Waals surface area contributed by atoms with Gasteiger partial charge in [-0.05, 0) is 48.6 Å².